The Morgan fingerprint density at radius 2 is 1.75 bits per heavy atom. The highest BCUT2D eigenvalue weighted by atomic mass is 16.2. The number of amides is 1. The van der Waals surface area contributed by atoms with Gasteiger partial charge >= 0.3 is 0 Å². The minimum Gasteiger partial charge on any atom is -0.342 e. The fourth-order valence-corrected chi connectivity index (χ4v) is 2.50. The van der Waals surface area contributed by atoms with Crippen molar-refractivity contribution in [1.29, 1.82) is 0 Å². The molecule has 0 N–H and O–H groups in total. The molecule has 1 amide bonds. The Bertz CT molecular complexity index is 178. The Kier molecular flexibility index (Phi) is 2.07. The molecule has 2 heteroatoms. The van der Waals surface area contributed by atoms with Gasteiger partial charge in [0.05, 0.1) is 0 Å². The summed E-state index contributed by atoms with van der Waals surface area (Å²) in [6.07, 6.45) is 5.66. The Labute approximate surface area is 73.9 Å². The van der Waals surface area contributed by atoms with Crippen LogP contribution in [0.5, 0.6) is 0 Å². The van der Waals surface area contributed by atoms with Crippen molar-refractivity contribution >= 4 is 5.91 Å². The molecule has 68 valence electrons. The van der Waals surface area contributed by atoms with Gasteiger partial charge in [-0.15, -0.1) is 0 Å². The Morgan fingerprint density at radius 3 is 2.25 bits per heavy atom. The van der Waals surface area contributed by atoms with E-state index in [9.17, 15) is 4.79 Å². The van der Waals surface area contributed by atoms with E-state index in [0.717, 1.165) is 24.9 Å². The van der Waals surface area contributed by atoms with Gasteiger partial charge in [-0.1, -0.05) is 25.7 Å². The summed E-state index contributed by atoms with van der Waals surface area (Å²) in [5.41, 5.74) is 0. The lowest BCUT2D eigenvalue weighted by atomic mass is 9.85. The fraction of sp³-hybridized carbons (Fsp3) is 0.900. The number of carbonyl (C=O) groups is 1. The van der Waals surface area contributed by atoms with Crippen molar-refractivity contribution < 1.29 is 4.79 Å². The molecule has 0 aromatic rings. The van der Waals surface area contributed by atoms with Crippen LogP contribution in [0.25, 0.3) is 0 Å². The highest BCUT2D eigenvalue weighted by Gasteiger charge is 2.35. The van der Waals surface area contributed by atoms with Gasteiger partial charge in [0.25, 0.3) is 0 Å². The van der Waals surface area contributed by atoms with Gasteiger partial charge in [-0.25, -0.2) is 0 Å². The Morgan fingerprint density at radius 1 is 1.17 bits per heavy atom. The second-order valence-electron chi connectivity index (χ2n) is 4.23. The van der Waals surface area contributed by atoms with Gasteiger partial charge in [0, 0.05) is 20.0 Å². The first kappa shape index (κ1) is 8.09. The zero-order chi connectivity index (χ0) is 8.55. The lowest BCUT2D eigenvalue weighted by Crippen LogP contribution is -2.51. The third-order valence-electron chi connectivity index (χ3n) is 3.42. The highest BCUT2D eigenvalue weighted by Crippen LogP contribution is 2.36. The lowest BCUT2D eigenvalue weighted by Gasteiger charge is -2.42. The Balaban J connectivity index is 1.77. The van der Waals surface area contributed by atoms with E-state index < -0.39 is 0 Å². The monoisotopic (exact) mass is 167 g/mol. The van der Waals surface area contributed by atoms with Crippen molar-refractivity contribution in [2.45, 2.75) is 32.6 Å². The number of carbonyl (C=O) groups excluding carboxylic acids is 1. The molecule has 2 aliphatic rings. The van der Waals surface area contributed by atoms with Gasteiger partial charge in [-0.2, -0.15) is 0 Å². The maximum Gasteiger partial charge on any atom is 0.219 e. The van der Waals surface area contributed by atoms with Gasteiger partial charge in [-0.3, -0.25) is 4.79 Å². The van der Waals surface area contributed by atoms with E-state index in [1.807, 2.05) is 4.90 Å². The molecule has 1 aliphatic heterocycles. The van der Waals surface area contributed by atoms with Crippen molar-refractivity contribution in [3.8, 4) is 0 Å². The average molecular weight is 167 g/mol. The lowest BCUT2D eigenvalue weighted by molar-refractivity contribution is -0.136. The maximum atomic E-state index is 10.9. The van der Waals surface area contributed by atoms with Gasteiger partial charge in [0.15, 0.2) is 0 Å². The van der Waals surface area contributed by atoms with Crippen LogP contribution in [-0.2, 0) is 4.79 Å². The summed E-state index contributed by atoms with van der Waals surface area (Å²) in [7, 11) is 0. The minimum atomic E-state index is 0.254. The molecule has 0 atom stereocenters. The van der Waals surface area contributed by atoms with Crippen molar-refractivity contribution in [2.24, 2.45) is 11.8 Å². The molecule has 1 heterocycles. The molecule has 2 nitrogen and oxygen atoms in total. The van der Waals surface area contributed by atoms with E-state index in [0.29, 0.717) is 0 Å². The first-order valence-corrected chi connectivity index (χ1v) is 5.03. The van der Waals surface area contributed by atoms with Gasteiger partial charge in [0.2, 0.25) is 5.91 Å². The molecule has 0 spiro atoms. The molecule has 12 heavy (non-hydrogen) atoms. The molecular weight excluding hydrogens is 150 g/mol. The molecule has 0 unspecified atom stereocenters. The van der Waals surface area contributed by atoms with Gasteiger partial charge < -0.3 is 4.90 Å². The molecule has 2 fully saturated rings. The van der Waals surface area contributed by atoms with Crippen LogP contribution < -0.4 is 0 Å². The highest BCUT2D eigenvalue weighted by molar-refractivity contribution is 5.74. The molecule has 0 bridgehead atoms. The minimum absolute atomic E-state index is 0.254. The normalized spacial score (nSPS) is 25.9. The van der Waals surface area contributed by atoms with E-state index in [1.165, 1.54) is 25.7 Å². The van der Waals surface area contributed by atoms with E-state index in [-0.39, 0.29) is 5.91 Å². The number of nitrogens with zero attached hydrogens (tertiary/aromatic N) is 1. The zero-order valence-corrected chi connectivity index (χ0v) is 7.75. The first-order valence-electron chi connectivity index (χ1n) is 5.03. The van der Waals surface area contributed by atoms with E-state index in [1.54, 1.807) is 6.92 Å². The quantitative estimate of drug-likeness (QED) is 0.581. The molecule has 1 saturated carbocycles. The second kappa shape index (κ2) is 3.08. The molecule has 0 aromatic carbocycles. The van der Waals surface area contributed by atoms with Crippen LogP contribution in [0.3, 0.4) is 0 Å². The summed E-state index contributed by atoms with van der Waals surface area (Å²) in [6.45, 7) is 3.75. The summed E-state index contributed by atoms with van der Waals surface area (Å²) in [4.78, 5) is 12.9. The van der Waals surface area contributed by atoms with Crippen LogP contribution in [0.1, 0.15) is 32.6 Å². The van der Waals surface area contributed by atoms with Crippen LogP contribution in [0, 0.1) is 11.8 Å². The topological polar surface area (TPSA) is 20.3 Å². The van der Waals surface area contributed by atoms with Gasteiger partial charge in [-0.05, 0) is 11.8 Å². The molecular formula is C10H17NO. The van der Waals surface area contributed by atoms with Crippen molar-refractivity contribution in [1.82, 2.24) is 4.90 Å². The van der Waals surface area contributed by atoms with E-state index in [2.05, 4.69) is 0 Å². The second-order valence-corrected chi connectivity index (χ2v) is 4.23. The summed E-state index contributed by atoms with van der Waals surface area (Å²) < 4.78 is 0. The molecule has 1 aliphatic carbocycles. The summed E-state index contributed by atoms with van der Waals surface area (Å²) in [5, 5.41) is 0. The molecule has 1 saturated heterocycles. The standard InChI is InChI=1S/C10H17NO/c1-8(12)11-6-10(7-11)9-4-2-3-5-9/h9-10H,2-7H2,1H3. The Hall–Kier alpha value is -0.530. The predicted octanol–water partition coefficient (Wildman–Crippen LogP) is 1.65. The summed E-state index contributed by atoms with van der Waals surface area (Å²) >= 11 is 0. The number of rotatable bonds is 1. The largest absolute Gasteiger partial charge is 0.342 e. The summed E-state index contributed by atoms with van der Waals surface area (Å²) in [5.74, 6) is 2.04. The third kappa shape index (κ3) is 1.35. The maximum absolute atomic E-state index is 10.9. The first-order chi connectivity index (χ1) is 5.77. The van der Waals surface area contributed by atoms with Crippen LogP contribution in [0.15, 0.2) is 0 Å². The van der Waals surface area contributed by atoms with Crippen LogP contribution in [0.4, 0.5) is 0 Å². The smallest absolute Gasteiger partial charge is 0.219 e. The van der Waals surface area contributed by atoms with Crippen LogP contribution in [0.2, 0.25) is 0 Å². The summed E-state index contributed by atoms with van der Waals surface area (Å²) in [6, 6.07) is 0. The van der Waals surface area contributed by atoms with Crippen molar-refractivity contribution in [3.63, 3.8) is 0 Å². The van der Waals surface area contributed by atoms with Crippen LogP contribution >= 0.6 is 0 Å². The molecule has 0 radical (unpaired) electrons. The number of hydrogen-bond acceptors (Lipinski definition) is 1. The molecule has 2 rings (SSSR count). The predicted molar refractivity (Wildman–Crippen MR) is 47.7 cm³/mol. The van der Waals surface area contributed by atoms with Gasteiger partial charge in [0.1, 0.15) is 0 Å². The number of hydrogen-bond donors (Lipinski definition) is 0. The average Bonchev–Trinajstić information content (AvgIpc) is 2.34. The van der Waals surface area contributed by atoms with Crippen molar-refractivity contribution in [3.05, 3.63) is 0 Å². The van der Waals surface area contributed by atoms with E-state index >= 15 is 0 Å². The fourth-order valence-electron chi connectivity index (χ4n) is 2.50. The van der Waals surface area contributed by atoms with Crippen LogP contribution in [-0.4, -0.2) is 23.9 Å². The SMILES string of the molecule is CC(=O)N1CC(C2CCCC2)C1. The number of likely N-dealkylation sites (tertiary alicyclic amines) is 1. The zero-order valence-electron chi connectivity index (χ0n) is 7.75. The molecule has 0 aromatic heterocycles. The third-order valence-corrected chi connectivity index (χ3v) is 3.42. The van der Waals surface area contributed by atoms with E-state index in [4.69, 9.17) is 0 Å². The van der Waals surface area contributed by atoms with Crippen molar-refractivity contribution in [2.75, 3.05) is 13.1 Å².